The smallest absolute Gasteiger partial charge is 0.218 e. The highest BCUT2D eigenvalue weighted by atomic mass is 19.1. The number of hydrogen-bond acceptors (Lipinski definition) is 3. The van der Waals surface area contributed by atoms with Gasteiger partial charge < -0.3 is 10.1 Å². The van der Waals surface area contributed by atoms with Gasteiger partial charge in [0.2, 0.25) is 5.88 Å². The van der Waals surface area contributed by atoms with Crippen molar-refractivity contribution in [1.82, 2.24) is 4.98 Å². The summed E-state index contributed by atoms with van der Waals surface area (Å²) in [5.41, 5.74) is 1.68. The zero-order valence-electron chi connectivity index (χ0n) is 9.84. The second-order valence-electron chi connectivity index (χ2n) is 4.04. The monoisotopic (exact) mass is 255 g/mol. The molecule has 0 bridgehead atoms. The zero-order chi connectivity index (χ0) is 13.2. The van der Waals surface area contributed by atoms with Crippen LogP contribution in [0.4, 0.5) is 15.8 Å². The Balaban J connectivity index is 2.01. The van der Waals surface area contributed by atoms with Crippen LogP contribution in [0.5, 0.6) is 5.88 Å². The fourth-order valence-corrected chi connectivity index (χ4v) is 1.83. The zero-order valence-corrected chi connectivity index (χ0v) is 9.84. The van der Waals surface area contributed by atoms with E-state index in [1.54, 1.807) is 0 Å². The van der Waals surface area contributed by atoms with Gasteiger partial charge in [0.25, 0.3) is 0 Å². The Morgan fingerprint density at radius 1 is 0.947 bits per heavy atom. The Morgan fingerprint density at radius 3 is 2.47 bits per heavy atom. The molecule has 2 N–H and O–H groups in total. The van der Waals surface area contributed by atoms with Crippen LogP contribution in [0.15, 0.2) is 58.8 Å². The predicted molar refractivity (Wildman–Crippen MR) is 70.5 cm³/mol. The molecule has 0 fully saturated rings. The maximum atomic E-state index is 12.8. The summed E-state index contributed by atoms with van der Waals surface area (Å²) < 4.78 is 12.8. The first-order valence-electron chi connectivity index (χ1n) is 5.71. The minimum absolute atomic E-state index is 0.0351. The summed E-state index contributed by atoms with van der Waals surface area (Å²) in [6.45, 7) is 0. The molecule has 0 aliphatic carbocycles. The molecule has 0 atom stereocenters. The Hall–Kier alpha value is -2.69. The van der Waals surface area contributed by atoms with Crippen molar-refractivity contribution >= 4 is 22.3 Å². The van der Waals surface area contributed by atoms with Gasteiger partial charge in [0.1, 0.15) is 5.82 Å². The average molecular weight is 255 g/mol. The van der Waals surface area contributed by atoms with Crippen LogP contribution in [-0.4, -0.2) is 10.1 Å². The van der Waals surface area contributed by atoms with Crippen molar-refractivity contribution in [3.63, 3.8) is 0 Å². The average Bonchev–Trinajstić information content (AvgIpc) is 2.74. The summed E-state index contributed by atoms with van der Waals surface area (Å²) in [5.74, 6) is -0.360. The van der Waals surface area contributed by atoms with Crippen molar-refractivity contribution in [2.24, 2.45) is 10.2 Å². The molecule has 0 saturated heterocycles. The highest BCUT2D eigenvalue weighted by Crippen LogP contribution is 2.35. The van der Waals surface area contributed by atoms with E-state index in [0.717, 1.165) is 10.9 Å². The third-order valence-electron chi connectivity index (χ3n) is 2.75. The van der Waals surface area contributed by atoms with Crippen molar-refractivity contribution in [3.8, 4) is 5.88 Å². The summed E-state index contributed by atoms with van der Waals surface area (Å²) in [6, 6.07) is 13.0. The first-order chi connectivity index (χ1) is 9.24. The number of fused-ring (bicyclic) bond motifs is 1. The van der Waals surface area contributed by atoms with Crippen LogP contribution in [0.3, 0.4) is 0 Å². The Labute approximate surface area is 108 Å². The minimum atomic E-state index is -0.325. The minimum Gasteiger partial charge on any atom is -0.493 e. The molecule has 94 valence electrons. The van der Waals surface area contributed by atoms with Crippen molar-refractivity contribution < 1.29 is 9.50 Å². The molecular weight excluding hydrogens is 245 g/mol. The van der Waals surface area contributed by atoms with Gasteiger partial charge in [-0.25, -0.2) is 4.39 Å². The number of nitrogens with one attached hydrogen (secondary N) is 1. The third kappa shape index (κ3) is 2.18. The van der Waals surface area contributed by atoms with E-state index < -0.39 is 0 Å². The van der Waals surface area contributed by atoms with Crippen LogP contribution in [0.1, 0.15) is 0 Å². The van der Waals surface area contributed by atoms with Crippen molar-refractivity contribution in [2.45, 2.75) is 0 Å². The van der Waals surface area contributed by atoms with Gasteiger partial charge in [-0.15, -0.1) is 5.11 Å². The van der Waals surface area contributed by atoms with Crippen LogP contribution in [0.2, 0.25) is 0 Å². The van der Waals surface area contributed by atoms with Crippen molar-refractivity contribution in [1.29, 1.82) is 0 Å². The van der Waals surface area contributed by atoms with Crippen molar-refractivity contribution in [2.75, 3.05) is 0 Å². The molecule has 3 rings (SSSR count). The lowest BCUT2D eigenvalue weighted by molar-refractivity contribution is 0.459. The SMILES string of the molecule is Oc1[nH]c2ccccc2c1N=Nc1ccc(F)cc1. The van der Waals surface area contributed by atoms with E-state index >= 15 is 0 Å². The lowest BCUT2D eigenvalue weighted by atomic mass is 10.2. The molecule has 5 heteroatoms. The summed E-state index contributed by atoms with van der Waals surface area (Å²) >= 11 is 0. The summed E-state index contributed by atoms with van der Waals surface area (Å²) in [4.78, 5) is 2.81. The van der Waals surface area contributed by atoms with Gasteiger partial charge in [0.15, 0.2) is 5.69 Å². The molecule has 0 aliphatic heterocycles. The van der Waals surface area contributed by atoms with E-state index in [0.29, 0.717) is 11.4 Å². The number of halogens is 1. The summed E-state index contributed by atoms with van der Waals surface area (Å²) in [6.07, 6.45) is 0. The summed E-state index contributed by atoms with van der Waals surface area (Å²) in [7, 11) is 0. The number of rotatable bonds is 2. The number of nitrogens with zero attached hydrogens (tertiary/aromatic N) is 2. The molecule has 19 heavy (non-hydrogen) atoms. The molecule has 0 saturated carbocycles. The molecule has 0 spiro atoms. The van der Waals surface area contributed by atoms with Gasteiger partial charge in [-0.3, -0.25) is 0 Å². The largest absolute Gasteiger partial charge is 0.493 e. The molecule has 3 aromatic rings. The van der Waals surface area contributed by atoms with E-state index in [4.69, 9.17) is 0 Å². The molecule has 4 nitrogen and oxygen atoms in total. The second-order valence-corrected chi connectivity index (χ2v) is 4.04. The van der Waals surface area contributed by atoms with Gasteiger partial charge >= 0.3 is 0 Å². The lowest BCUT2D eigenvalue weighted by Gasteiger charge is -1.93. The van der Waals surface area contributed by atoms with Gasteiger partial charge in [0, 0.05) is 5.39 Å². The standard InChI is InChI=1S/C14H10FN3O/c15-9-5-7-10(8-6-9)17-18-13-11-3-1-2-4-12(11)16-14(13)19/h1-8,16,19H. The maximum absolute atomic E-state index is 12.8. The number of H-pyrrole nitrogens is 1. The quantitative estimate of drug-likeness (QED) is 0.654. The number of aromatic hydroxyl groups is 1. The normalized spacial score (nSPS) is 11.4. The number of aromatic nitrogens is 1. The topological polar surface area (TPSA) is 60.7 Å². The number of para-hydroxylation sites is 1. The van der Waals surface area contributed by atoms with Crippen LogP contribution in [0.25, 0.3) is 10.9 Å². The Morgan fingerprint density at radius 2 is 1.68 bits per heavy atom. The van der Waals surface area contributed by atoms with E-state index in [1.807, 2.05) is 24.3 Å². The van der Waals surface area contributed by atoms with E-state index in [-0.39, 0.29) is 11.7 Å². The van der Waals surface area contributed by atoms with Gasteiger partial charge in [0.05, 0.1) is 11.2 Å². The van der Waals surface area contributed by atoms with Gasteiger partial charge in [-0.05, 0) is 30.3 Å². The first kappa shape index (κ1) is 11.4. The maximum Gasteiger partial charge on any atom is 0.218 e. The molecule has 0 aliphatic rings. The molecular formula is C14H10FN3O. The second kappa shape index (κ2) is 4.53. The van der Waals surface area contributed by atoms with E-state index in [2.05, 4.69) is 15.2 Å². The van der Waals surface area contributed by atoms with Gasteiger partial charge in [-0.1, -0.05) is 18.2 Å². The van der Waals surface area contributed by atoms with Crippen LogP contribution < -0.4 is 0 Å². The fraction of sp³-hybridized carbons (Fsp3) is 0. The number of benzene rings is 2. The van der Waals surface area contributed by atoms with Crippen LogP contribution >= 0.6 is 0 Å². The molecule has 0 unspecified atom stereocenters. The van der Waals surface area contributed by atoms with E-state index in [9.17, 15) is 9.50 Å². The molecule has 0 amide bonds. The number of aromatic amines is 1. The fourth-order valence-electron chi connectivity index (χ4n) is 1.83. The molecule has 2 aromatic carbocycles. The third-order valence-corrected chi connectivity index (χ3v) is 2.75. The first-order valence-corrected chi connectivity index (χ1v) is 5.71. The molecule has 1 heterocycles. The van der Waals surface area contributed by atoms with Crippen molar-refractivity contribution in [3.05, 3.63) is 54.3 Å². The van der Waals surface area contributed by atoms with E-state index in [1.165, 1.54) is 24.3 Å². The Kier molecular flexibility index (Phi) is 2.72. The van der Waals surface area contributed by atoms with Gasteiger partial charge in [-0.2, -0.15) is 5.11 Å². The van der Waals surface area contributed by atoms with Crippen LogP contribution in [0, 0.1) is 5.82 Å². The molecule has 0 radical (unpaired) electrons. The lowest BCUT2D eigenvalue weighted by Crippen LogP contribution is -1.69. The Bertz CT molecular complexity index is 747. The molecule has 1 aromatic heterocycles. The number of hydrogen-bond donors (Lipinski definition) is 2. The summed E-state index contributed by atoms with van der Waals surface area (Å²) in [5, 5.41) is 18.6. The predicted octanol–water partition coefficient (Wildman–Crippen LogP) is 4.43. The van der Waals surface area contributed by atoms with Crippen LogP contribution in [-0.2, 0) is 0 Å². The highest BCUT2D eigenvalue weighted by Gasteiger charge is 2.09. The highest BCUT2D eigenvalue weighted by molar-refractivity contribution is 5.94. The number of azo groups is 1.